The number of nitrogens with one attached hydrogen (secondary N) is 1. The third-order valence-corrected chi connectivity index (χ3v) is 7.39. The number of hydrogen-bond donors (Lipinski definition) is 3. The Hall–Kier alpha value is -4.06. The van der Waals surface area contributed by atoms with Crippen LogP contribution in [0.2, 0.25) is 0 Å². The molecule has 0 bridgehead atoms. The van der Waals surface area contributed by atoms with E-state index in [1.54, 1.807) is 19.1 Å². The molecule has 5 rings (SSSR count). The zero-order chi connectivity index (χ0) is 30.4. The van der Waals surface area contributed by atoms with Crippen LogP contribution in [-0.2, 0) is 15.9 Å². The van der Waals surface area contributed by atoms with Gasteiger partial charge in [-0.15, -0.1) is 5.10 Å². The van der Waals surface area contributed by atoms with E-state index < -0.39 is 46.2 Å². The van der Waals surface area contributed by atoms with E-state index in [0.717, 1.165) is 18.2 Å². The fourth-order valence-corrected chi connectivity index (χ4v) is 5.28. The Labute approximate surface area is 240 Å². The normalized spacial score (nSPS) is 18.8. The summed E-state index contributed by atoms with van der Waals surface area (Å²) in [5.41, 5.74) is -2.88. The van der Waals surface area contributed by atoms with Crippen LogP contribution in [-0.4, -0.2) is 52.7 Å². The maximum absolute atomic E-state index is 16.4. The predicted molar refractivity (Wildman–Crippen MR) is 148 cm³/mol. The number of hydrogen-bond acceptors (Lipinski definition) is 7. The highest BCUT2D eigenvalue weighted by Gasteiger charge is 2.45. The number of carbonyl (C=O) groups is 1. The summed E-state index contributed by atoms with van der Waals surface area (Å²) in [6, 6.07) is 10.6. The van der Waals surface area contributed by atoms with Crippen LogP contribution in [0.1, 0.15) is 47.4 Å². The summed E-state index contributed by atoms with van der Waals surface area (Å²) in [6.07, 6.45) is -1.13. The van der Waals surface area contributed by atoms with E-state index in [-0.39, 0.29) is 41.8 Å². The number of nitrogens with zero attached hydrogens (tertiary/aromatic N) is 2. The quantitative estimate of drug-likeness (QED) is 0.291. The molecule has 220 valence electrons. The van der Waals surface area contributed by atoms with E-state index in [9.17, 15) is 19.4 Å². The largest absolute Gasteiger partial charge is 0.494 e. The van der Waals surface area contributed by atoms with Gasteiger partial charge in [-0.05, 0) is 62.7 Å². The van der Waals surface area contributed by atoms with Crippen LogP contribution in [0.5, 0.6) is 5.75 Å². The SMILES string of the molecule is COc1cc(C(=O)NC[C@]2(c3cc(C(C)(C)O)c(F)c(-c4ccc(F)cc4)c3F)C[C@@H](O)CO2)cc2cc(C)nnc12. The van der Waals surface area contributed by atoms with Gasteiger partial charge < -0.3 is 25.0 Å². The van der Waals surface area contributed by atoms with Gasteiger partial charge in [0.25, 0.3) is 5.91 Å². The number of aryl methyl sites for hydroxylation is 1. The van der Waals surface area contributed by atoms with E-state index in [1.807, 2.05) is 0 Å². The molecule has 0 radical (unpaired) electrons. The molecule has 4 aromatic rings. The second-order valence-electron chi connectivity index (χ2n) is 11.0. The average molecular weight is 582 g/mol. The standard InChI is InChI=1S/C31H30F3N3O5/c1-16-9-18-10-19(11-24(41-4)28(18)37-36-16)29(39)35-15-31(13-21(38)14-42-31)23-12-22(30(2,3)40)26(33)25(27(23)34)17-5-7-20(32)8-6-17/h5-12,21,38,40H,13-15H2,1-4H3,(H,35,39)/t21-,31+/m1/s1. The number of methoxy groups -OCH3 is 1. The number of amides is 1. The summed E-state index contributed by atoms with van der Waals surface area (Å²) in [4.78, 5) is 13.4. The molecule has 1 fully saturated rings. The number of aliphatic hydroxyl groups excluding tert-OH is 1. The van der Waals surface area contributed by atoms with Gasteiger partial charge in [0, 0.05) is 28.5 Å². The van der Waals surface area contributed by atoms with Crippen molar-refractivity contribution >= 4 is 16.8 Å². The summed E-state index contributed by atoms with van der Waals surface area (Å²) in [6.45, 7) is 3.99. The molecule has 2 atom stereocenters. The average Bonchev–Trinajstić information content (AvgIpc) is 3.32. The van der Waals surface area contributed by atoms with Gasteiger partial charge in [-0.3, -0.25) is 4.79 Å². The minimum absolute atomic E-state index is 0.0399. The van der Waals surface area contributed by atoms with Gasteiger partial charge in [0.1, 0.15) is 34.3 Å². The van der Waals surface area contributed by atoms with Crippen LogP contribution in [0.15, 0.2) is 48.5 Å². The minimum Gasteiger partial charge on any atom is -0.494 e. The zero-order valence-electron chi connectivity index (χ0n) is 23.5. The Balaban J connectivity index is 1.58. The van der Waals surface area contributed by atoms with E-state index in [0.29, 0.717) is 22.3 Å². The zero-order valence-corrected chi connectivity index (χ0v) is 23.5. The van der Waals surface area contributed by atoms with Crippen LogP contribution in [0.3, 0.4) is 0 Å². The van der Waals surface area contributed by atoms with Crippen molar-refractivity contribution in [3.8, 4) is 16.9 Å². The van der Waals surface area contributed by atoms with Crippen LogP contribution < -0.4 is 10.1 Å². The van der Waals surface area contributed by atoms with Gasteiger partial charge in [0.15, 0.2) is 0 Å². The molecule has 0 aliphatic carbocycles. The molecule has 1 amide bonds. The van der Waals surface area contributed by atoms with Crippen molar-refractivity contribution in [3.63, 3.8) is 0 Å². The molecule has 0 spiro atoms. The highest BCUT2D eigenvalue weighted by atomic mass is 19.1. The fourth-order valence-electron chi connectivity index (χ4n) is 5.28. The number of rotatable bonds is 7. The lowest BCUT2D eigenvalue weighted by Gasteiger charge is -2.32. The molecule has 2 heterocycles. The van der Waals surface area contributed by atoms with E-state index in [2.05, 4.69) is 15.5 Å². The minimum atomic E-state index is -1.74. The molecular formula is C31H30F3N3O5. The molecule has 3 aromatic carbocycles. The lowest BCUT2D eigenvalue weighted by atomic mass is 9.82. The third-order valence-electron chi connectivity index (χ3n) is 7.39. The van der Waals surface area contributed by atoms with E-state index >= 15 is 8.78 Å². The van der Waals surface area contributed by atoms with Crippen LogP contribution >= 0.6 is 0 Å². The molecule has 1 saturated heterocycles. The predicted octanol–water partition coefficient (Wildman–Crippen LogP) is 4.67. The molecule has 1 aliphatic rings. The van der Waals surface area contributed by atoms with Crippen molar-refractivity contribution in [2.75, 3.05) is 20.3 Å². The molecule has 42 heavy (non-hydrogen) atoms. The van der Waals surface area contributed by atoms with Crippen molar-refractivity contribution in [1.29, 1.82) is 0 Å². The summed E-state index contributed by atoms with van der Waals surface area (Å²) in [5.74, 6) is -2.84. The second kappa shape index (κ2) is 11.0. The lowest BCUT2D eigenvalue weighted by molar-refractivity contribution is -0.00460. The first-order valence-corrected chi connectivity index (χ1v) is 13.3. The number of ether oxygens (including phenoxy) is 2. The van der Waals surface area contributed by atoms with Gasteiger partial charge in [-0.25, -0.2) is 13.2 Å². The van der Waals surface area contributed by atoms with Gasteiger partial charge in [-0.1, -0.05) is 12.1 Å². The molecule has 1 aliphatic heterocycles. The molecule has 8 nitrogen and oxygen atoms in total. The number of aromatic nitrogens is 2. The van der Waals surface area contributed by atoms with Gasteiger partial charge in [0.05, 0.1) is 43.2 Å². The van der Waals surface area contributed by atoms with E-state index in [1.165, 1.54) is 39.2 Å². The highest BCUT2D eigenvalue weighted by Crippen LogP contribution is 2.43. The number of fused-ring (bicyclic) bond motifs is 1. The van der Waals surface area contributed by atoms with Crippen molar-refractivity contribution < 1.29 is 37.7 Å². The Morgan fingerprint density at radius 2 is 1.83 bits per heavy atom. The maximum atomic E-state index is 16.4. The Bertz CT molecular complexity index is 1670. The summed E-state index contributed by atoms with van der Waals surface area (Å²) in [5, 5.41) is 32.8. The van der Waals surface area contributed by atoms with E-state index in [4.69, 9.17) is 9.47 Å². The Morgan fingerprint density at radius 3 is 2.45 bits per heavy atom. The number of carbonyl (C=O) groups excluding carboxylic acids is 1. The molecule has 11 heteroatoms. The van der Waals surface area contributed by atoms with Gasteiger partial charge in [0.2, 0.25) is 0 Å². The molecule has 1 aromatic heterocycles. The molecule has 0 unspecified atom stereocenters. The number of benzene rings is 3. The first-order valence-electron chi connectivity index (χ1n) is 13.3. The van der Waals surface area contributed by atoms with Crippen LogP contribution in [0.4, 0.5) is 13.2 Å². The van der Waals surface area contributed by atoms with Crippen molar-refractivity contribution in [2.24, 2.45) is 0 Å². The Kier molecular flexibility index (Phi) is 7.69. The highest BCUT2D eigenvalue weighted by molar-refractivity contribution is 5.99. The Morgan fingerprint density at radius 1 is 1.12 bits per heavy atom. The lowest BCUT2D eigenvalue weighted by Crippen LogP contribution is -2.42. The van der Waals surface area contributed by atoms with Crippen molar-refractivity contribution in [1.82, 2.24) is 15.5 Å². The summed E-state index contributed by atoms with van der Waals surface area (Å²) >= 11 is 0. The van der Waals surface area contributed by atoms with Crippen LogP contribution in [0, 0.1) is 24.4 Å². The first-order chi connectivity index (χ1) is 19.8. The summed E-state index contributed by atoms with van der Waals surface area (Å²) < 4.78 is 57.1. The number of halogens is 3. The molecule has 0 saturated carbocycles. The number of aliphatic hydroxyl groups is 2. The fraction of sp³-hybridized carbons (Fsp3) is 0.323. The third kappa shape index (κ3) is 5.42. The smallest absolute Gasteiger partial charge is 0.251 e. The first kappa shape index (κ1) is 29.4. The summed E-state index contributed by atoms with van der Waals surface area (Å²) in [7, 11) is 1.44. The van der Waals surface area contributed by atoms with Crippen molar-refractivity contribution in [3.05, 3.63) is 88.4 Å². The van der Waals surface area contributed by atoms with Crippen LogP contribution in [0.25, 0.3) is 22.0 Å². The topological polar surface area (TPSA) is 114 Å². The molecular weight excluding hydrogens is 551 g/mol. The van der Waals surface area contributed by atoms with Gasteiger partial charge in [-0.2, -0.15) is 5.10 Å². The van der Waals surface area contributed by atoms with Gasteiger partial charge >= 0.3 is 0 Å². The molecule has 3 N–H and O–H groups in total. The maximum Gasteiger partial charge on any atom is 0.251 e. The monoisotopic (exact) mass is 581 g/mol. The van der Waals surface area contributed by atoms with Crippen molar-refractivity contribution in [2.45, 2.75) is 44.5 Å². The second-order valence-corrected chi connectivity index (χ2v) is 11.0.